The Bertz CT molecular complexity index is 558. The van der Waals surface area contributed by atoms with Crippen LogP contribution in [0.3, 0.4) is 0 Å². The molecule has 1 heteroatoms. The Morgan fingerprint density at radius 1 is 1.12 bits per heavy atom. The van der Waals surface area contributed by atoms with Crippen molar-refractivity contribution in [2.75, 3.05) is 6.61 Å². The van der Waals surface area contributed by atoms with Gasteiger partial charge in [-0.15, -0.1) is 0 Å². The molecule has 0 saturated heterocycles. The molecule has 0 spiro atoms. The standard InChI is InChI=1S/C15H14O/c1-12-9-10-13-6-2-3-8-15(13)14(12)7-4-5-11-16/h2-3,6,8-10,16H,5,11H2,1H3. The lowest BCUT2D eigenvalue weighted by atomic mass is 10.00. The molecule has 0 aliphatic rings. The van der Waals surface area contributed by atoms with Crippen LogP contribution in [-0.2, 0) is 0 Å². The summed E-state index contributed by atoms with van der Waals surface area (Å²) < 4.78 is 0. The van der Waals surface area contributed by atoms with Crippen LogP contribution in [0, 0.1) is 18.8 Å². The Hall–Kier alpha value is -1.78. The molecule has 0 radical (unpaired) electrons. The first-order chi connectivity index (χ1) is 7.83. The fourth-order valence-electron chi connectivity index (χ4n) is 1.75. The molecule has 0 fully saturated rings. The number of aryl methyl sites for hydroxylation is 1. The molecule has 0 saturated carbocycles. The van der Waals surface area contributed by atoms with Gasteiger partial charge in [-0.1, -0.05) is 48.2 Å². The molecule has 1 N–H and O–H groups in total. The molecular weight excluding hydrogens is 196 g/mol. The maximum absolute atomic E-state index is 8.72. The van der Waals surface area contributed by atoms with Crippen LogP contribution >= 0.6 is 0 Å². The van der Waals surface area contributed by atoms with Crippen molar-refractivity contribution in [2.24, 2.45) is 0 Å². The van der Waals surface area contributed by atoms with Crippen molar-refractivity contribution in [1.29, 1.82) is 0 Å². The summed E-state index contributed by atoms with van der Waals surface area (Å²) >= 11 is 0. The van der Waals surface area contributed by atoms with E-state index in [0.717, 1.165) is 5.56 Å². The van der Waals surface area contributed by atoms with E-state index in [1.165, 1.54) is 16.3 Å². The largest absolute Gasteiger partial charge is 0.395 e. The molecule has 1 nitrogen and oxygen atoms in total. The van der Waals surface area contributed by atoms with Gasteiger partial charge in [0, 0.05) is 12.0 Å². The summed E-state index contributed by atoms with van der Waals surface area (Å²) in [5, 5.41) is 11.1. The summed E-state index contributed by atoms with van der Waals surface area (Å²) in [4.78, 5) is 0. The first-order valence-corrected chi connectivity index (χ1v) is 5.41. The van der Waals surface area contributed by atoms with E-state index in [9.17, 15) is 0 Å². The van der Waals surface area contributed by atoms with Gasteiger partial charge < -0.3 is 5.11 Å². The lowest BCUT2D eigenvalue weighted by Gasteiger charge is -2.03. The molecule has 0 atom stereocenters. The second-order valence-electron chi connectivity index (χ2n) is 3.75. The smallest absolute Gasteiger partial charge is 0.0540 e. The van der Waals surface area contributed by atoms with Gasteiger partial charge in [-0.05, 0) is 23.3 Å². The van der Waals surface area contributed by atoms with Crippen LogP contribution in [0.5, 0.6) is 0 Å². The van der Waals surface area contributed by atoms with Gasteiger partial charge in [-0.3, -0.25) is 0 Å². The number of hydrogen-bond donors (Lipinski definition) is 1. The van der Waals surface area contributed by atoms with E-state index >= 15 is 0 Å². The zero-order valence-corrected chi connectivity index (χ0v) is 9.33. The van der Waals surface area contributed by atoms with Crippen molar-refractivity contribution in [3.63, 3.8) is 0 Å². The molecule has 0 amide bonds. The Morgan fingerprint density at radius 2 is 1.94 bits per heavy atom. The second-order valence-corrected chi connectivity index (χ2v) is 3.75. The monoisotopic (exact) mass is 210 g/mol. The highest BCUT2D eigenvalue weighted by Crippen LogP contribution is 2.21. The fraction of sp³-hybridized carbons (Fsp3) is 0.200. The first-order valence-electron chi connectivity index (χ1n) is 5.41. The Kier molecular flexibility index (Phi) is 3.24. The highest BCUT2D eigenvalue weighted by atomic mass is 16.2. The van der Waals surface area contributed by atoms with Crippen molar-refractivity contribution < 1.29 is 5.11 Å². The van der Waals surface area contributed by atoms with E-state index in [1.54, 1.807) is 0 Å². The maximum Gasteiger partial charge on any atom is 0.0540 e. The molecule has 0 aromatic heterocycles. The maximum atomic E-state index is 8.72. The van der Waals surface area contributed by atoms with Gasteiger partial charge in [0.2, 0.25) is 0 Å². The van der Waals surface area contributed by atoms with Gasteiger partial charge in [-0.2, -0.15) is 0 Å². The van der Waals surface area contributed by atoms with Crippen LogP contribution in [-0.4, -0.2) is 11.7 Å². The van der Waals surface area contributed by atoms with Crippen molar-refractivity contribution in [2.45, 2.75) is 13.3 Å². The molecule has 2 aromatic rings. The molecule has 0 heterocycles. The van der Waals surface area contributed by atoms with E-state index in [0.29, 0.717) is 6.42 Å². The van der Waals surface area contributed by atoms with Gasteiger partial charge in [0.25, 0.3) is 0 Å². The molecule has 0 bridgehead atoms. The quantitative estimate of drug-likeness (QED) is 0.717. The van der Waals surface area contributed by atoms with Crippen molar-refractivity contribution in [3.8, 4) is 11.8 Å². The number of aliphatic hydroxyl groups is 1. The third-order valence-electron chi connectivity index (χ3n) is 2.59. The lowest BCUT2D eigenvalue weighted by molar-refractivity contribution is 0.305. The predicted octanol–water partition coefficient (Wildman–Crippen LogP) is 2.88. The Labute approximate surface area is 95.7 Å². The molecule has 80 valence electrons. The zero-order valence-electron chi connectivity index (χ0n) is 9.33. The normalized spacial score (nSPS) is 9.88. The average molecular weight is 210 g/mol. The minimum absolute atomic E-state index is 0.122. The summed E-state index contributed by atoms with van der Waals surface area (Å²) in [6.07, 6.45) is 0.530. The summed E-state index contributed by atoms with van der Waals surface area (Å²) in [7, 11) is 0. The van der Waals surface area contributed by atoms with E-state index in [4.69, 9.17) is 5.11 Å². The van der Waals surface area contributed by atoms with Crippen LogP contribution in [0.2, 0.25) is 0 Å². The van der Waals surface area contributed by atoms with Gasteiger partial charge >= 0.3 is 0 Å². The van der Waals surface area contributed by atoms with Gasteiger partial charge in [0.05, 0.1) is 6.61 Å². The highest BCUT2D eigenvalue weighted by Gasteiger charge is 2.00. The molecule has 0 unspecified atom stereocenters. The van der Waals surface area contributed by atoms with Crippen molar-refractivity contribution in [1.82, 2.24) is 0 Å². The minimum Gasteiger partial charge on any atom is -0.395 e. The second kappa shape index (κ2) is 4.83. The Morgan fingerprint density at radius 3 is 2.75 bits per heavy atom. The minimum atomic E-state index is 0.122. The predicted molar refractivity (Wildman–Crippen MR) is 67.3 cm³/mol. The number of benzene rings is 2. The topological polar surface area (TPSA) is 20.2 Å². The van der Waals surface area contributed by atoms with Crippen molar-refractivity contribution >= 4 is 10.8 Å². The molecule has 2 rings (SSSR count). The number of fused-ring (bicyclic) bond motifs is 1. The molecule has 16 heavy (non-hydrogen) atoms. The van der Waals surface area contributed by atoms with Crippen LogP contribution in [0.1, 0.15) is 17.5 Å². The van der Waals surface area contributed by atoms with E-state index in [2.05, 4.69) is 43.0 Å². The SMILES string of the molecule is Cc1ccc2ccccc2c1C#CCCO. The van der Waals surface area contributed by atoms with Gasteiger partial charge in [-0.25, -0.2) is 0 Å². The Balaban J connectivity index is 2.58. The lowest BCUT2D eigenvalue weighted by Crippen LogP contribution is -1.85. The molecule has 2 aromatic carbocycles. The van der Waals surface area contributed by atoms with Crippen LogP contribution in [0.4, 0.5) is 0 Å². The van der Waals surface area contributed by atoms with Crippen molar-refractivity contribution in [3.05, 3.63) is 47.5 Å². The third kappa shape index (κ3) is 2.08. The summed E-state index contributed by atoms with van der Waals surface area (Å²) in [5.41, 5.74) is 2.26. The first kappa shape index (κ1) is 10.7. The molecule has 0 aliphatic heterocycles. The van der Waals surface area contributed by atoms with Crippen LogP contribution in [0.25, 0.3) is 10.8 Å². The zero-order chi connectivity index (χ0) is 11.4. The number of aliphatic hydroxyl groups excluding tert-OH is 1. The van der Waals surface area contributed by atoms with Crippen LogP contribution < -0.4 is 0 Å². The summed E-state index contributed by atoms with van der Waals surface area (Å²) in [6, 6.07) is 12.4. The number of hydrogen-bond acceptors (Lipinski definition) is 1. The highest BCUT2D eigenvalue weighted by molar-refractivity contribution is 5.89. The average Bonchev–Trinajstić information content (AvgIpc) is 2.32. The van der Waals surface area contributed by atoms with Gasteiger partial charge in [0.1, 0.15) is 0 Å². The van der Waals surface area contributed by atoms with Crippen LogP contribution in [0.15, 0.2) is 36.4 Å². The van der Waals surface area contributed by atoms with Gasteiger partial charge in [0.15, 0.2) is 0 Å². The third-order valence-corrected chi connectivity index (χ3v) is 2.59. The van der Waals surface area contributed by atoms with E-state index in [1.807, 2.05) is 12.1 Å². The van der Waals surface area contributed by atoms with E-state index in [-0.39, 0.29) is 6.61 Å². The fourth-order valence-corrected chi connectivity index (χ4v) is 1.75. The summed E-state index contributed by atoms with van der Waals surface area (Å²) in [5.74, 6) is 6.13. The van der Waals surface area contributed by atoms with E-state index < -0.39 is 0 Å². The molecular formula is C15H14O. The summed E-state index contributed by atoms with van der Waals surface area (Å²) in [6.45, 7) is 2.19. The number of rotatable bonds is 1. The molecule has 0 aliphatic carbocycles.